The van der Waals surface area contributed by atoms with Crippen LogP contribution < -0.4 is 10.1 Å². The largest absolute Gasteiger partial charge is 0.497 e. The van der Waals surface area contributed by atoms with Gasteiger partial charge in [0, 0.05) is 12.3 Å². The normalized spacial score (nSPS) is 10.0. The summed E-state index contributed by atoms with van der Waals surface area (Å²) in [5.41, 5.74) is -0.0785. The number of nitrogens with one attached hydrogen (secondary N) is 1. The second kappa shape index (κ2) is 5.30. The van der Waals surface area contributed by atoms with Gasteiger partial charge in [0.2, 0.25) is 0 Å². The van der Waals surface area contributed by atoms with Gasteiger partial charge >= 0.3 is 5.97 Å². The summed E-state index contributed by atoms with van der Waals surface area (Å²) in [6.45, 7) is 0. The van der Waals surface area contributed by atoms with Gasteiger partial charge in [0.25, 0.3) is 0 Å². The highest BCUT2D eigenvalue weighted by atomic mass is 19.1. The van der Waals surface area contributed by atoms with Crippen molar-refractivity contribution in [1.82, 2.24) is 9.97 Å². The van der Waals surface area contributed by atoms with Crippen LogP contribution in [0.1, 0.15) is 10.4 Å². The number of carboxylic acids is 1. The lowest BCUT2D eigenvalue weighted by Crippen LogP contribution is -2.06. The molecule has 1 heterocycles. The van der Waals surface area contributed by atoms with Gasteiger partial charge in [0.05, 0.1) is 12.8 Å². The zero-order chi connectivity index (χ0) is 13.8. The fourth-order valence-corrected chi connectivity index (χ4v) is 1.44. The number of aromatic carboxylic acids is 1. The van der Waals surface area contributed by atoms with Crippen molar-refractivity contribution in [2.75, 3.05) is 12.4 Å². The van der Waals surface area contributed by atoms with Crippen LogP contribution in [0.25, 0.3) is 0 Å². The van der Waals surface area contributed by atoms with Gasteiger partial charge in [0.1, 0.15) is 29.3 Å². The van der Waals surface area contributed by atoms with Crippen LogP contribution in [0.5, 0.6) is 5.75 Å². The van der Waals surface area contributed by atoms with E-state index < -0.39 is 11.8 Å². The van der Waals surface area contributed by atoms with Crippen LogP contribution in [0, 0.1) is 5.82 Å². The number of carboxylic acid groups (broad SMARTS) is 1. The summed E-state index contributed by atoms with van der Waals surface area (Å²) in [5.74, 6) is -1.30. The predicted molar refractivity (Wildman–Crippen MR) is 65.2 cm³/mol. The standard InChI is InChI=1S/C12H10FN3O3/c1-19-7-2-3-9(13)10(4-7)16-11-8(12(17)18)5-14-6-15-11/h2-6H,1H3,(H,17,18)(H,14,15,16). The molecule has 0 aliphatic carbocycles. The minimum atomic E-state index is -1.20. The van der Waals surface area contributed by atoms with E-state index in [1.54, 1.807) is 0 Å². The van der Waals surface area contributed by atoms with Crippen molar-refractivity contribution in [2.24, 2.45) is 0 Å². The van der Waals surface area contributed by atoms with E-state index in [-0.39, 0.29) is 17.1 Å². The van der Waals surface area contributed by atoms with Crippen molar-refractivity contribution < 1.29 is 19.0 Å². The van der Waals surface area contributed by atoms with E-state index in [2.05, 4.69) is 15.3 Å². The molecule has 1 aromatic carbocycles. The fraction of sp³-hybridized carbons (Fsp3) is 0.0833. The minimum Gasteiger partial charge on any atom is -0.497 e. The van der Waals surface area contributed by atoms with Crippen molar-refractivity contribution in [2.45, 2.75) is 0 Å². The van der Waals surface area contributed by atoms with Crippen molar-refractivity contribution in [3.05, 3.63) is 42.1 Å². The molecule has 0 aliphatic rings. The summed E-state index contributed by atoms with van der Waals surface area (Å²) >= 11 is 0. The number of hydrogen-bond donors (Lipinski definition) is 2. The summed E-state index contributed by atoms with van der Waals surface area (Å²) in [6, 6.07) is 4.07. The maximum atomic E-state index is 13.6. The third kappa shape index (κ3) is 2.76. The Morgan fingerprint density at radius 3 is 2.95 bits per heavy atom. The number of methoxy groups -OCH3 is 1. The SMILES string of the molecule is COc1ccc(F)c(Nc2ncncc2C(=O)O)c1. The Morgan fingerprint density at radius 1 is 1.47 bits per heavy atom. The first kappa shape index (κ1) is 12.7. The molecule has 0 amide bonds. The summed E-state index contributed by atoms with van der Waals surface area (Å²) in [7, 11) is 1.45. The molecule has 19 heavy (non-hydrogen) atoms. The Hall–Kier alpha value is -2.70. The predicted octanol–water partition coefficient (Wildman–Crippen LogP) is 2.07. The number of nitrogens with zero attached hydrogens (tertiary/aromatic N) is 2. The summed E-state index contributed by atoms with van der Waals surface area (Å²) in [4.78, 5) is 18.4. The molecule has 0 bridgehead atoms. The van der Waals surface area contributed by atoms with Gasteiger partial charge in [-0.2, -0.15) is 0 Å². The maximum Gasteiger partial charge on any atom is 0.341 e. The number of rotatable bonds is 4. The van der Waals surface area contributed by atoms with E-state index in [0.29, 0.717) is 5.75 Å². The molecule has 7 heteroatoms. The molecule has 0 saturated carbocycles. The molecule has 0 fully saturated rings. The van der Waals surface area contributed by atoms with E-state index in [9.17, 15) is 9.18 Å². The Balaban J connectivity index is 2.38. The van der Waals surface area contributed by atoms with E-state index in [0.717, 1.165) is 6.20 Å². The van der Waals surface area contributed by atoms with Crippen LogP contribution in [0.4, 0.5) is 15.9 Å². The maximum absolute atomic E-state index is 13.6. The van der Waals surface area contributed by atoms with Crippen LogP contribution in [-0.4, -0.2) is 28.2 Å². The molecule has 2 N–H and O–H groups in total. The van der Waals surface area contributed by atoms with Gasteiger partial charge in [-0.15, -0.1) is 0 Å². The first-order chi connectivity index (χ1) is 9.11. The number of carbonyl (C=O) groups is 1. The van der Waals surface area contributed by atoms with Crippen LogP contribution in [0.3, 0.4) is 0 Å². The number of anilines is 2. The lowest BCUT2D eigenvalue weighted by molar-refractivity contribution is 0.0697. The van der Waals surface area contributed by atoms with E-state index in [4.69, 9.17) is 9.84 Å². The zero-order valence-corrected chi connectivity index (χ0v) is 9.92. The van der Waals surface area contributed by atoms with Gasteiger partial charge < -0.3 is 15.2 Å². The molecule has 2 aromatic rings. The van der Waals surface area contributed by atoms with Gasteiger partial charge in [-0.3, -0.25) is 0 Å². The van der Waals surface area contributed by atoms with Gasteiger partial charge in [-0.1, -0.05) is 0 Å². The first-order valence-electron chi connectivity index (χ1n) is 5.25. The molecule has 0 unspecified atom stereocenters. The third-order valence-corrected chi connectivity index (χ3v) is 2.37. The molecule has 0 radical (unpaired) electrons. The number of hydrogen-bond acceptors (Lipinski definition) is 5. The Kier molecular flexibility index (Phi) is 3.56. The second-order valence-electron chi connectivity index (χ2n) is 3.56. The van der Waals surface area contributed by atoms with Crippen LogP contribution in [0.15, 0.2) is 30.7 Å². The number of halogens is 1. The van der Waals surface area contributed by atoms with Crippen molar-refractivity contribution >= 4 is 17.5 Å². The highest BCUT2D eigenvalue weighted by Gasteiger charge is 2.13. The third-order valence-electron chi connectivity index (χ3n) is 2.37. The van der Waals surface area contributed by atoms with E-state index in [1.165, 1.54) is 31.6 Å². The molecule has 1 aromatic heterocycles. The zero-order valence-electron chi connectivity index (χ0n) is 9.92. The minimum absolute atomic E-state index is 0.00894. The lowest BCUT2D eigenvalue weighted by Gasteiger charge is -2.10. The number of benzene rings is 1. The Bertz CT molecular complexity index is 619. The smallest absolute Gasteiger partial charge is 0.341 e. The first-order valence-corrected chi connectivity index (χ1v) is 5.25. The summed E-state index contributed by atoms with van der Waals surface area (Å²) in [6.07, 6.45) is 2.31. The lowest BCUT2D eigenvalue weighted by atomic mass is 10.2. The number of ether oxygens (including phenoxy) is 1. The van der Waals surface area contributed by atoms with Crippen molar-refractivity contribution in [3.8, 4) is 5.75 Å². The fourth-order valence-electron chi connectivity index (χ4n) is 1.44. The molecule has 0 aliphatic heterocycles. The Morgan fingerprint density at radius 2 is 2.26 bits per heavy atom. The van der Waals surface area contributed by atoms with Gasteiger partial charge in [-0.05, 0) is 12.1 Å². The average molecular weight is 263 g/mol. The van der Waals surface area contributed by atoms with Crippen molar-refractivity contribution in [1.29, 1.82) is 0 Å². The molecular weight excluding hydrogens is 253 g/mol. The monoisotopic (exact) mass is 263 g/mol. The van der Waals surface area contributed by atoms with E-state index in [1.807, 2.05) is 0 Å². The molecule has 0 spiro atoms. The molecule has 6 nitrogen and oxygen atoms in total. The molecule has 2 rings (SSSR count). The average Bonchev–Trinajstić information content (AvgIpc) is 2.41. The Labute approximate surface area is 107 Å². The van der Waals surface area contributed by atoms with Crippen LogP contribution in [-0.2, 0) is 0 Å². The quantitative estimate of drug-likeness (QED) is 0.878. The summed E-state index contributed by atoms with van der Waals surface area (Å²) in [5, 5.41) is 11.6. The number of aromatic nitrogens is 2. The second-order valence-corrected chi connectivity index (χ2v) is 3.56. The van der Waals surface area contributed by atoms with Crippen molar-refractivity contribution in [3.63, 3.8) is 0 Å². The highest BCUT2D eigenvalue weighted by Crippen LogP contribution is 2.25. The summed E-state index contributed by atoms with van der Waals surface area (Å²) < 4.78 is 18.6. The van der Waals surface area contributed by atoms with Gasteiger partial charge in [-0.25, -0.2) is 19.2 Å². The topological polar surface area (TPSA) is 84.3 Å². The molecule has 0 atom stereocenters. The van der Waals surface area contributed by atoms with Crippen LogP contribution >= 0.6 is 0 Å². The molecular formula is C12H10FN3O3. The highest BCUT2D eigenvalue weighted by molar-refractivity contribution is 5.93. The van der Waals surface area contributed by atoms with E-state index >= 15 is 0 Å². The van der Waals surface area contributed by atoms with Crippen LogP contribution in [0.2, 0.25) is 0 Å². The van der Waals surface area contributed by atoms with Gasteiger partial charge in [0.15, 0.2) is 0 Å². The molecule has 98 valence electrons. The molecule has 0 saturated heterocycles.